The van der Waals surface area contributed by atoms with E-state index in [1.165, 1.54) is 10.9 Å². The van der Waals surface area contributed by atoms with Crippen molar-refractivity contribution in [3.05, 3.63) is 11.9 Å². The molecule has 0 radical (unpaired) electrons. The van der Waals surface area contributed by atoms with Crippen LogP contribution in [0.3, 0.4) is 0 Å². The Morgan fingerprint density at radius 2 is 2.40 bits per heavy atom. The number of anilines is 1. The second-order valence-corrected chi connectivity index (χ2v) is 3.26. The molecule has 4 N–H and O–H groups in total. The largest absolute Gasteiger partial charge is 0.396 e. The van der Waals surface area contributed by atoms with Crippen molar-refractivity contribution in [2.24, 2.45) is 7.05 Å². The molecule has 0 saturated carbocycles. The number of nitrogens with one attached hydrogen (secondary N) is 1. The number of hydrogen-bond donors (Lipinski definition) is 3. The van der Waals surface area contributed by atoms with E-state index in [1.807, 2.05) is 0 Å². The van der Waals surface area contributed by atoms with Gasteiger partial charge >= 0.3 is 0 Å². The van der Waals surface area contributed by atoms with E-state index in [1.54, 1.807) is 7.05 Å². The van der Waals surface area contributed by atoms with Crippen LogP contribution in [0.1, 0.15) is 23.3 Å². The predicted molar refractivity (Wildman–Crippen MR) is 56.3 cm³/mol. The molecule has 1 rings (SSSR count). The Kier molecular flexibility index (Phi) is 4.11. The highest BCUT2D eigenvalue weighted by atomic mass is 16.2. The number of amides is 1. The third kappa shape index (κ3) is 2.95. The topological polar surface area (TPSA) is 93.2 Å². The average molecular weight is 212 g/mol. The molecule has 6 nitrogen and oxygen atoms in total. The number of nitrogens with zero attached hydrogens (tertiary/aromatic N) is 2. The van der Waals surface area contributed by atoms with Gasteiger partial charge in [-0.05, 0) is 12.8 Å². The van der Waals surface area contributed by atoms with Crippen molar-refractivity contribution in [2.45, 2.75) is 12.8 Å². The van der Waals surface area contributed by atoms with Crippen LogP contribution in [0.5, 0.6) is 0 Å². The fraction of sp³-hybridized carbons (Fsp3) is 0.556. The van der Waals surface area contributed by atoms with Crippen LogP contribution >= 0.6 is 0 Å². The lowest BCUT2D eigenvalue weighted by atomic mass is 10.3. The van der Waals surface area contributed by atoms with Gasteiger partial charge in [0.15, 0.2) is 0 Å². The predicted octanol–water partition coefficient (Wildman–Crippen LogP) is -0.495. The lowest BCUT2D eigenvalue weighted by Crippen LogP contribution is -2.27. The van der Waals surface area contributed by atoms with E-state index in [0.717, 1.165) is 6.42 Å². The minimum Gasteiger partial charge on any atom is -0.396 e. The standard InChI is InChI=1S/C9H16N4O2/c1-13-8(7(10)6-12-13)9(15)11-4-2-3-5-14/h6,14H,2-5,10H2,1H3,(H,11,15). The summed E-state index contributed by atoms with van der Waals surface area (Å²) in [4.78, 5) is 11.6. The zero-order chi connectivity index (χ0) is 11.3. The maximum Gasteiger partial charge on any atom is 0.271 e. The summed E-state index contributed by atoms with van der Waals surface area (Å²) in [5.41, 5.74) is 6.33. The van der Waals surface area contributed by atoms with E-state index >= 15 is 0 Å². The van der Waals surface area contributed by atoms with Gasteiger partial charge in [-0.25, -0.2) is 0 Å². The Bertz CT molecular complexity index is 315. The number of rotatable bonds is 5. The number of aromatic nitrogens is 2. The first-order chi connectivity index (χ1) is 7.16. The van der Waals surface area contributed by atoms with Gasteiger partial charge in [0.25, 0.3) is 5.91 Å². The zero-order valence-electron chi connectivity index (χ0n) is 8.73. The molecule has 84 valence electrons. The first kappa shape index (κ1) is 11.5. The molecular formula is C9H16N4O2. The Balaban J connectivity index is 2.47. The second kappa shape index (κ2) is 5.35. The number of aryl methyl sites for hydroxylation is 1. The van der Waals surface area contributed by atoms with Gasteiger partial charge in [0.1, 0.15) is 5.69 Å². The summed E-state index contributed by atoms with van der Waals surface area (Å²) < 4.78 is 1.44. The third-order valence-electron chi connectivity index (χ3n) is 2.05. The zero-order valence-corrected chi connectivity index (χ0v) is 8.73. The van der Waals surface area contributed by atoms with Gasteiger partial charge in [0, 0.05) is 20.2 Å². The van der Waals surface area contributed by atoms with Crippen molar-refractivity contribution in [2.75, 3.05) is 18.9 Å². The number of aliphatic hydroxyl groups excluding tert-OH is 1. The summed E-state index contributed by atoms with van der Waals surface area (Å²) in [7, 11) is 1.67. The second-order valence-electron chi connectivity index (χ2n) is 3.26. The number of hydrogen-bond acceptors (Lipinski definition) is 4. The Morgan fingerprint density at radius 1 is 1.67 bits per heavy atom. The fourth-order valence-electron chi connectivity index (χ4n) is 1.26. The highest BCUT2D eigenvalue weighted by Crippen LogP contribution is 2.08. The third-order valence-corrected chi connectivity index (χ3v) is 2.05. The van der Waals surface area contributed by atoms with Gasteiger partial charge in [-0.3, -0.25) is 9.48 Å². The molecule has 0 aliphatic heterocycles. The number of nitrogen functional groups attached to an aromatic ring is 1. The van der Waals surface area contributed by atoms with Crippen LogP contribution in [0.2, 0.25) is 0 Å². The van der Waals surface area contributed by atoms with Crippen molar-refractivity contribution in [1.29, 1.82) is 0 Å². The van der Waals surface area contributed by atoms with Gasteiger partial charge in [0.05, 0.1) is 11.9 Å². The molecule has 0 fully saturated rings. The van der Waals surface area contributed by atoms with E-state index in [-0.39, 0.29) is 12.5 Å². The van der Waals surface area contributed by atoms with Gasteiger partial charge in [-0.2, -0.15) is 5.10 Å². The minimum absolute atomic E-state index is 0.143. The van der Waals surface area contributed by atoms with Crippen molar-refractivity contribution in [3.8, 4) is 0 Å². The van der Waals surface area contributed by atoms with E-state index < -0.39 is 0 Å². The van der Waals surface area contributed by atoms with Crippen molar-refractivity contribution >= 4 is 11.6 Å². The number of carbonyl (C=O) groups is 1. The minimum atomic E-state index is -0.231. The maximum absolute atomic E-state index is 11.6. The first-order valence-electron chi connectivity index (χ1n) is 4.83. The SMILES string of the molecule is Cn1ncc(N)c1C(=O)NCCCCO. The van der Waals surface area contributed by atoms with Crippen molar-refractivity contribution in [3.63, 3.8) is 0 Å². The van der Waals surface area contributed by atoms with Crippen LogP contribution in [0.25, 0.3) is 0 Å². The van der Waals surface area contributed by atoms with Crippen LogP contribution in [0.4, 0.5) is 5.69 Å². The van der Waals surface area contributed by atoms with Crippen LogP contribution in [-0.2, 0) is 7.05 Å². The van der Waals surface area contributed by atoms with E-state index in [2.05, 4.69) is 10.4 Å². The van der Waals surface area contributed by atoms with Crippen LogP contribution in [0, 0.1) is 0 Å². The van der Waals surface area contributed by atoms with Crippen molar-refractivity contribution < 1.29 is 9.90 Å². The molecule has 6 heteroatoms. The molecule has 0 atom stereocenters. The molecule has 0 aliphatic carbocycles. The molecule has 1 aromatic rings. The monoisotopic (exact) mass is 212 g/mol. The van der Waals surface area contributed by atoms with E-state index in [9.17, 15) is 4.79 Å². The van der Waals surface area contributed by atoms with Gasteiger partial charge in [0.2, 0.25) is 0 Å². The smallest absolute Gasteiger partial charge is 0.271 e. The van der Waals surface area contributed by atoms with Crippen LogP contribution in [-0.4, -0.2) is 33.9 Å². The number of aliphatic hydroxyl groups is 1. The summed E-state index contributed by atoms with van der Waals surface area (Å²) in [5, 5.41) is 15.1. The van der Waals surface area contributed by atoms with Crippen LogP contribution < -0.4 is 11.1 Å². The van der Waals surface area contributed by atoms with Gasteiger partial charge in [-0.1, -0.05) is 0 Å². The molecule has 0 aromatic carbocycles. The van der Waals surface area contributed by atoms with Crippen molar-refractivity contribution in [1.82, 2.24) is 15.1 Å². The molecule has 0 unspecified atom stereocenters. The highest BCUT2D eigenvalue weighted by Gasteiger charge is 2.13. The van der Waals surface area contributed by atoms with E-state index in [0.29, 0.717) is 24.3 Å². The Hall–Kier alpha value is -1.56. The molecule has 1 amide bonds. The summed E-state index contributed by atoms with van der Waals surface area (Å²) in [5.74, 6) is -0.231. The normalized spacial score (nSPS) is 10.3. The molecular weight excluding hydrogens is 196 g/mol. The van der Waals surface area contributed by atoms with E-state index in [4.69, 9.17) is 10.8 Å². The summed E-state index contributed by atoms with van der Waals surface area (Å²) in [6.07, 6.45) is 2.88. The molecule has 0 spiro atoms. The summed E-state index contributed by atoms with van der Waals surface area (Å²) in [6, 6.07) is 0. The average Bonchev–Trinajstić information content (AvgIpc) is 2.53. The lowest BCUT2D eigenvalue weighted by molar-refractivity contribution is 0.0943. The maximum atomic E-state index is 11.6. The van der Waals surface area contributed by atoms with Gasteiger partial charge in [-0.15, -0.1) is 0 Å². The molecule has 0 aliphatic rings. The first-order valence-corrected chi connectivity index (χ1v) is 4.83. The molecule has 0 saturated heterocycles. The number of carbonyl (C=O) groups excluding carboxylic acids is 1. The summed E-state index contributed by atoms with van der Waals surface area (Å²) >= 11 is 0. The van der Waals surface area contributed by atoms with Crippen LogP contribution in [0.15, 0.2) is 6.20 Å². The summed E-state index contributed by atoms with van der Waals surface area (Å²) in [6.45, 7) is 0.674. The molecule has 1 aromatic heterocycles. The Morgan fingerprint density at radius 3 is 2.93 bits per heavy atom. The molecule has 15 heavy (non-hydrogen) atoms. The Labute approximate surface area is 88.1 Å². The fourth-order valence-corrected chi connectivity index (χ4v) is 1.26. The quantitative estimate of drug-likeness (QED) is 0.574. The highest BCUT2D eigenvalue weighted by molar-refractivity contribution is 5.97. The number of unbranched alkanes of at least 4 members (excludes halogenated alkanes) is 1. The molecule has 1 heterocycles. The lowest BCUT2D eigenvalue weighted by Gasteiger charge is -2.05. The molecule has 0 bridgehead atoms. The van der Waals surface area contributed by atoms with Gasteiger partial charge < -0.3 is 16.2 Å². The number of nitrogens with two attached hydrogens (primary N) is 1.